The second kappa shape index (κ2) is 8.06. The van der Waals surface area contributed by atoms with Crippen LogP contribution in [0.4, 0.5) is 10.9 Å². The van der Waals surface area contributed by atoms with Gasteiger partial charge in [-0.15, -0.1) is 0 Å². The second-order valence-electron chi connectivity index (χ2n) is 6.28. The predicted octanol–water partition coefficient (Wildman–Crippen LogP) is 3.82. The van der Waals surface area contributed by atoms with E-state index in [-0.39, 0.29) is 5.91 Å². The highest BCUT2D eigenvalue weighted by Gasteiger charge is 2.09. The summed E-state index contributed by atoms with van der Waals surface area (Å²) in [5, 5.41) is 6.70. The van der Waals surface area contributed by atoms with E-state index >= 15 is 0 Å². The number of hydrogen-bond donors (Lipinski definition) is 3. The van der Waals surface area contributed by atoms with Gasteiger partial charge in [-0.2, -0.15) is 0 Å². The predicted molar refractivity (Wildman–Crippen MR) is 113 cm³/mol. The SMILES string of the molecule is Nc1nc2ccc(CNC(=O)c3cccc(NCc4ccccc4)n3)cc2s1. The fraction of sp³-hybridized carbons (Fsp3) is 0.0952. The van der Waals surface area contributed by atoms with Gasteiger partial charge in [0.25, 0.3) is 5.91 Å². The zero-order chi connectivity index (χ0) is 19.3. The Bertz CT molecular complexity index is 1110. The van der Waals surface area contributed by atoms with Gasteiger partial charge in [-0.1, -0.05) is 53.8 Å². The number of nitrogens with zero attached hydrogens (tertiary/aromatic N) is 2. The van der Waals surface area contributed by atoms with Crippen LogP contribution in [0.5, 0.6) is 0 Å². The summed E-state index contributed by atoms with van der Waals surface area (Å²) in [6.45, 7) is 1.06. The van der Waals surface area contributed by atoms with E-state index < -0.39 is 0 Å². The second-order valence-corrected chi connectivity index (χ2v) is 7.35. The van der Waals surface area contributed by atoms with Gasteiger partial charge in [0.1, 0.15) is 11.5 Å². The number of amides is 1. The molecule has 0 bridgehead atoms. The van der Waals surface area contributed by atoms with Crippen molar-refractivity contribution >= 4 is 38.4 Å². The minimum absolute atomic E-state index is 0.215. The Morgan fingerprint density at radius 1 is 0.929 bits per heavy atom. The van der Waals surface area contributed by atoms with Gasteiger partial charge >= 0.3 is 0 Å². The van der Waals surface area contributed by atoms with Crippen molar-refractivity contribution in [2.45, 2.75) is 13.1 Å². The van der Waals surface area contributed by atoms with Crippen LogP contribution in [0.3, 0.4) is 0 Å². The molecule has 0 radical (unpaired) electrons. The summed E-state index contributed by atoms with van der Waals surface area (Å²) in [6, 6.07) is 21.3. The number of aromatic nitrogens is 2. The molecular formula is C21H19N5OS. The Morgan fingerprint density at radius 3 is 2.64 bits per heavy atom. The summed E-state index contributed by atoms with van der Waals surface area (Å²) in [5.74, 6) is 0.449. The molecule has 2 aromatic heterocycles. The van der Waals surface area contributed by atoms with Crippen LogP contribution in [-0.2, 0) is 13.1 Å². The minimum Gasteiger partial charge on any atom is -0.375 e. The Balaban J connectivity index is 1.38. The van der Waals surface area contributed by atoms with Crippen molar-refractivity contribution in [2.75, 3.05) is 11.1 Å². The first-order valence-corrected chi connectivity index (χ1v) is 9.67. The van der Waals surface area contributed by atoms with E-state index in [1.165, 1.54) is 11.3 Å². The van der Waals surface area contributed by atoms with Crippen LogP contribution in [0.1, 0.15) is 21.6 Å². The number of nitrogen functional groups attached to an aromatic ring is 1. The molecule has 2 heterocycles. The Morgan fingerprint density at radius 2 is 1.79 bits per heavy atom. The molecule has 28 heavy (non-hydrogen) atoms. The minimum atomic E-state index is -0.215. The highest BCUT2D eigenvalue weighted by Crippen LogP contribution is 2.24. The highest BCUT2D eigenvalue weighted by atomic mass is 32.1. The molecule has 0 spiro atoms. The van der Waals surface area contributed by atoms with Crippen molar-refractivity contribution in [3.63, 3.8) is 0 Å². The number of rotatable bonds is 6. The number of thiazole rings is 1. The molecule has 6 nitrogen and oxygen atoms in total. The van der Waals surface area contributed by atoms with Gasteiger partial charge in [-0.25, -0.2) is 9.97 Å². The zero-order valence-corrected chi connectivity index (χ0v) is 15.9. The van der Waals surface area contributed by atoms with Gasteiger partial charge in [-0.05, 0) is 35.4 Å². The van der Waals surface area contributed by atoms with Crippen LogP contribution in [-0.4, -0.2) is 15.9 Å². The zero-order valence-electron chi connectivity index (χ0n) is 15.1. The average Bonchev–Trinajstić information content (AvgIpc) is 3.10. The third-order valence-electron chi connectivity index (χ3n) is 4.22. The quantitative estimate of drug-likeness (QED) is 0.466. The maximum atomic E-state index is 12.5. The van der Waals surface area contributed by atoms with E-state index in [1.807, 2.05) is 60.7 Å². The molecule has 4 rings (SSSR count). The first kappa shape index (κ1) is 17.9. The van der Waals surface area contributed by atoms with Crippen LogP contribution in [0.15, 0.2) is 66.7 Å². The number of anilines is 2. The smallest absolute Gasteiger partial charge is 0.270 e. The molecule has 0 saturated carbocycles. The fourth-order valence-corrected chi connectivity index (χ4v) is 3.62. The van der Waals surface area contributed by atoms with Crippen molar-refractivity contribution < 1.29 is 4.79 Å². The van der Waals surface area contributed by atoms with E-state index in [4.69, 9.17) is 5.73 Å². The molecule has 4 aromatic rings. The van der Waals surface area contributed by atoms with E-state index in [9.17, 15) is 4.79 Å². The van der Waals surface area contributed by atoms with Crippen molar-refractivity contribution in [2.24, 2.45) is 0 Å². The van der Waals surface area contributed by atoms with E-state index in [0.29, 0.717) is 29.7 Å². The number of nitrogens with one attached hydrogen (secondary N) is 2. The molecule has 4 N–H and O–H groups in total. The number of pyridine rings is 1. The lowest BCUT2D eigenvalue weighted by molar-refractivity contribution is 0.0946. The number of hydrogen-bond acceptors (Lipinski definition) is 6. The van der Waals surface area contributed by atoms with Gasteiger partial charge < -0.3 is 16.4 Å². The maximum Gasteiger partial charge on any atom is 0.270 e. The molecule has 0 fully saturated rings. The summed E-state index contributed by atoms with van der Waals surface area (Å²) in [7, 11) is 0. The molecule has 0 unspecified atom stereocenters. The molecule has 0 aliphatic rings. The Labute approximate surface area is 166 Å². The van der Waals surface area contributed by atoms with E-state index in [1.54, 1.807) is 6.07 Å². The van der Waals surface area contributed by atoms with Gasteiger partial charge in [0, 0.05) is 13.1 Å². The average molecular weight is 389 g/mol. The van der Waals surface area contributed by atoms with Crippen LogP contribution in [0.25, 0.3) is 10.2 Å². The lowest BCUT2D eigenvalue weighted by atomic mass is 10.2. The topological polar surface area (TPSA) is 92.9 Å². The van der Waals surface area contributed by atoms with Crippen molar-refractivity contribution in [1.82, 2.24) is 15.3 Å². The summed E-state index contributed by atoms with van der Waals surface area (Å²) < 4.78 is 1.01. The highest BCUT2D eigenvalue weighted by molar-refractivity contribution is 7.22. The normalized spacial score (nSPS) is 10.7. The molecule has 7 heteroatoms. The summed E-state index contributed by atoms with van der Waals surface area (Å²) >= 11 is 1.44. The summed E-state index contributed by atoms with van der Waals surface area (Å²) in [6.07, 6.45) is 0. The molecule has 2 aromatic carbocycles. The maximum absolute atomic E-state index is 12.5. The number of carbonyl (C=O) groups is 1. The molecule has 1 amide bonds. The molecule has 0 saturated heterocycles. The summed E-state index contributed by atoms with van der Waals surface area (Å²) in [4.78, 5) is 21.1. The third kappa shape index (κ3) is 4.27. The monoisotopic (exact) mass is 389 g/mol. The lowest BCUT2D eigenvalue weighted by Gasteiger charge is -2.08. The fourth-order valence-electron chi connectivity index (χ4n) is 2.82. The van der Waals surface area contributed by atoms with Crippen molar-refractivity contribution in [3.05, 3.63) is 83.6 Å². The van der Waals surface area contributed by atoms with Gasteiger partial charge in [0.2, 0.25) is 0 Å². The largest absolute Gasteiger partial charge is 0.375 e. The molecule has 0 aliphatic carbocycles. The standard InChI is InChI=1S/C21H19N5OS/c22-21-26-16-10-9-15(11-18(16)28-21)13-24-20(27)17-7-4-8-19(25-17)23-12-14-5-2-1-3-6-14/h1-11H,12-13H2,(H2,22,26)(H,23,25)(H,24,27). The van der Waals surface area contributed by atoms with Gasteiger partial charge in [0.05, 0.1) is 10.2 Å². The summed E-state index contributed by atoms with van der Waals surface area (Å²) in [5.41, 5.74) is 9.13. The number of nitrogens with two attached hydrogens (primary N) is 1. The number of benzene rings is 2. The Hall–Kier alpha value is -3.45. The van der Waals surface area contributed by atoms with Gasteiger partial charge in [0.15, 0.2) is 5.13 Å². The van der Waals surface area contributed by atoms with Gasteiger partial charge in [-0.3, -0.25) is 4.79 Å². The van der Waals surface area contributed by atoms with E-state index in [0.717, 1.165) is 21.3 Å². The third-order valence-corrected chi connectivity index (χ3v) is 5.07. The molecule has 0 aliphatic heterocycles. The number of carbonyl (C=O) groups excluding carboxylic acids is 1. The van der Waals surface area contributed by atoms with Crippen LogP contribution in [0.2, 0.25) is 0 Å². The van der Waals surface area contributed by atoms with E-state index in [2.05, 4.69) is 20.6 Å². The molecular weight excluding hydrogens is 370 g/mol. The molecule has 140 valence electrons. The molecule has 0 atom stereocenters. The number of fused-ring (bicyclic) bond motifs is 1. The first-order chi connectivity index (χ1) is 13.7. The van der Waals surface area contributed by atoms with Crippen molar-refractivity contribution in [1.29, 1.82) is 0 Å². The van der Waals surface area contributed by atoms with Crippen LogP contribution >= 0.6 is 11.3 Å². The van der Waals surface area contributed by atoms with Crippen LogP contribution < -0.4 is 16.4 Å². The van der Waals surface area contributed by atoms with Crippen LogP contribution in [0, 0.1) is 0 Å². The lowest BCUT2D eigenvalue weighted by Crippen LogP contribution is -2.24. The first-order valence-electron chi connectivity index (χ1n) is 8.85. The van der Waals surface area contributed by atoms with Crippen molar-refractivity contribution in [3.8, 4) is 0 Å². The Kier molecular flexibility index (Phi) is 5.16.